The lowest BCUT2D eigenvalue weighted by Crippen LogP contribution is -2.60. The molecule has 3 fully saturated rings. The van der Waals surface area contributed by atoms with Crippen molar-refractivity contribution in [2.75, 3.05) is 19.8 Å². The third-order valence-corrected chi connectivity index (χ3v) is 12.8. The summed E-state index contributed by atoms with van der Waals surface area (Å²) in [6.45, 7) is -2.37. The topological polar surface area (TPSA) is 465 Å². The van der Waals surface area contributed by atoms with Gasteiger partial charge in [0.05, 0.1) is 18.2 Å². The van der Waals surface area contributed by atoms with Crippen LogP contribution in [0.3, 0.4) is 0 Å². The van der Waals surface area contributed by atoms with Crippen molar-refractivity contribution in [2.24, 2.45) is 0 Å². The number of aliphatic hydroxyl groups is 11. The van der Waals surface area contributed by atoms with E-state index in [1.54, 1.807) is 0 Å². The quantitative estimate of drug-likeness (QED) is 0.0242. The summed E-state index contributed by atoms with van der Waals surface area (Å²) in [5, 5.41) is 179. The molecular weight excluding hydrogens is 1060 g/mol. The summed E-state index contributed by atoms with van der Waals surface area (Å²) in [7, 11) is 0. The molecular formula is C51H55O28+. The van der Waals surface area contributed by atoms with Crippen LogP contribution in [-0.2, 0) is 38.0 Å². The lowest BCUT2D eigenvalue weighted by Gasteiger charge is -2.41. The number of carbonyl (C=O) groups is 2. The maximum absolute atomic E-state index is 12.6. The Bertz CT molecular complexity index is 2940. The van der Waals surface area contributed by atoms with Crippen LogP contribution >= 0.6 is 0 Å². The number of rotatable bonds is 16. The van der Waals surface area contributed by atoms with Gasteiger partial charge >= 0.3 is 11.9 Å². The molecule has 28 nitrogen and oxygen atoms in total. The Morgan fingerprint density at radius 1 is 0.506 bits per heavy atom. The van der Waals surface area contributed by atoms with Crippen molar-refractivity contribution in [2.45, 2.75) is 98.2 Å². The molecule has 0 bridgehead atoms. The first-order chi connectivity index (χ1) is 37.5. The van der Waals surface area contributed by atoms with E-state index in [2.05, 4.69) is 4.74 Å². The molecule has 3 saturated heterocycles. The van der Waals surface area contributed by atoms with E-state index in [9.17, 15) is 96.4 Å². The van der Waals surface area contributed by atoms with Gasteiger partial charge in [-0.05, 0) is 59.7 Å². The van der Waals surface area contributed by atoms with Gasteiger partial charge in [0.15, 0.2) is 40.3 Å². The molecule has 28 heteroatoms. The molecule has 0 aliphatic carbocycles. The fourth-order valence-electron chi connectivity index (χ4n) is 8.46. The molecule has 4 aromatic carbocycles. The number of esters is 2. The molecule has 0 amide bonds. The molecule has 4 heterocycles. The molecule has 0 radical (unpaired) electrons. The number of phenolic OH excluding ortho intramolecular Hbond substituents is 7. The average Bonchev–Trinajstić information content (AvgIpc) is 3.44. The number of aromatic hydroxyl groups is 8. The fraction of sp³-hybridized carbons (Fsp3) is 0.373. The molecule has 426 valence electrons. The zero-order valence-corrected chi connectivity index (χ0v) is 40.7. The van der Waals surface area contributed by atoms with Gasteiger partial charge in [-0.3, -0.25) is 0 Å². The first-order valence-electron chi connectivity index (χ1n) is 23.8. The van der Waals surface area contributed by atoms with Gasteiger partial charge in [0.2, 0.25) is 24.6 Å². The molecule has 79 heavy (non-hydrogen) atoms. The van der Waals surface area contributed by atoms with Crippen LogP contribution in [0.15, 0.2) is 78.6 Å². The van der Waals surface area contributed by atoms with E-state index in [4.69, 9.17) is 37.9 Å². The minimum atomic E-state index is -2.08. The van der Waals surface area contributed by atoms with Crippen LogP contribution < -0.4 is 9.47 Å². The number of fused-ring (bicyclic) bond motifs is 1. The number of hydrogen-bond donors (Lipinski definition) is 17. The van der Waals surface area contributed by atoms with Crippen molar-refractivity contribution < 1.29 is 139 Å². The van der Waals surface area contributed by atoms with Crippen LogP contribution in [0.4, 0.5) is 0 Å². The zero-order chi connectivity index (χ0) is 57.1. The molecule has 18 N–H and O–H groups in total. The summed E-state index contributed by atoms with van der Waals surface area (Å²) in [6, 6.07) is 11.5. The van der Waals surface area contributed by atoms with Gasteiger partial charge in [-0.25, -0.2) is 9.59 Å². The monoisotopic (exact) mass is 1120 g/mol. The SMILES string of the molecule is O=C(C=Cc1ccc(O)c(O)c1)OCC1O[C@@H](Oc2cc(C3[OH+]c4cc(O)cc(O[C@@H]5OC(COC(=O)C=Cc6ccc(O)c(O)c6)[C@@H](O)[C@H](O)C5O)c4C=C3O[C@@H]3OC(CO)[C@@H](O)C(O)C3O)cc(O)c2O)C(O)[C@@H](O)[C@@H]1O. The van der Waals surface area contributed by atoms with Crippen molar-refractivity contribution in [3.8, 4) is 57.5 Å². The van der Waals surface area contributed by atoms with Gasteiger partial charge < -0.3 is 129 Å². The van der Waals surface area contributed by atoms with Crippen LogP contribution in [-0.4, -0.2) is 215 Å². The number of ether oxygens (including phenoxy) is 9. The Morgan fingerprint density at radius 3 is 1.47 bits per heavy atom. The van der Waals surface area contributed by atoms with E-state index in [-0.39, 0.29) is 28.2 Å². The molecule has 4 aliphatic heterocycles. The minimum Gasteiger partial charge on any atom is -0.571 e. The standard InChI is InChI=1S/C51H54O28/c52-16-33-39(62)42(65)45(68)51(77-33)76-32-15-23-29(13-22(53)14-30(23)74-49-46(69)43(66)40(63)34(78-49)17-71-36(59)7-3-19-1-5-24(54)26(56)9-19)73-48(32)21-11-28(58)38(61)31(12-21)75-50-47(70)44(67)41(64)35(79-50)18-72-37(60)8-4-20-2-6-25(55)27(57)10-20/h1-15,33-35,39-58,61-70H,16-18H2/p+1/t33?,34?,35?,39-,40-,41-,42?,43+,44+,45?,46?,47?,48?,49-,50-,51-/m1/s1. The van der Waals surface area contributed by atoms with Crippen molar-refractivity contribution in [3.05, 3.63) is 101 Å². The molecule has 0 saturated carbocycles. The number of phenols is 7. The van der Waals surface area contributed by atoms with Gasteiger partial charge in [0.1, 0.15) is 104 Å². The van der Waals surface area contributed by atoms with Gasteiger partial charge in [0.25, 0.3) is 11.9 Å². The summed E-state index contributed by atoms with van der Waals surface area (Å²) in [4.78, 5) is 25.2. The first-order valence-corrected chi connectivity index (χ1v) is 23.8. The molecule has 0 aromatic heterocycles. The van der Waals surface area contributed by atoms with E-state index >= 15 is 0 Å². The first kappa shape index (κ1) is 57.5. The van der Waals surface area contributed by atoms with E-state index in [0.717, 1.165) is 54.6 Å². The summed E-state index contributed by atoms with van der Waals surface area (Å²) in [6.07, 6.45) is -24.3. The van der Waals surface area contributed by atoms with Crippen LogP contribution in [0.25, 0.3) is 18.2 Å². The molecule has 8 rings (SSSR count). The van der Waals surface area contributed by atoms with Gasteiger partial charge in [-0.2, -0.15) is 0 Å². The Balaban J connectivity index is 1.05. The maximum atomic E-state index is 12.6. The highest BCUT2D eigenvalue weighted by Gasteiger charge is 2.50. The van der Waals surface area contributed by atoms with E-state index in [1.165, 1.54) is 36.4 Å². The molecule has 4 aromatic rings. The Morgan fingerprint density at radius 2 is 0.975 bits per heavy atom. The normalized spacial score (nSPS) is 30.7. The number of carbonyl (C=O) groups excluding carboxylic acids is 2. The molecule has 16 atom stereocenters. The second-order valence-electron chi connectivity index (χ2n) is 18.3. The zero-order valence-electron chi connectivity index (χ0n) is 40.7. The maximum Gasteiger partial charge on any atom is 0.330 e. The van der Waals surface area contributed by atoms with Crippen molar-refractivity contribution in [3.63, 3.8) is 0 Å². The van der Waals surface area contributed by atoms with Gasteiger partial charge in [0, 0.05) is 24.3 Å². The smallest absolute Gasteiger partial charge is 0.330 e. The number of benzene rings is 4. The van der Waals surface area contributed by atoms with Gasteiger partial charge in [-0.1, -0.05) is 12.1 Å². The highest BCUT2D eigenvalue weighted by atomic mass is 16.7. The van der Waals surface area contributed by atoms with E-state index in [1.807, 2.05) is 0 Å². The van der Waals surface area contributed by atoms with Crippen LogP contribution in [0.1, 0.15) is 28.4 Å². The van der Waals surface area contributed by atoms with Crippen LogP contribution in [0.5, 0.6) is 57.5 Å². The lowest BCUT2D eigenvalue weighted by atomic mass is 9.98. The van der Waals surface area contributed by atoms with Crippen molar-refractivity contribution >= 4 is 30.2 Å². The highest BCUT2D eigenvalue weighted by Crippen LogP contribution is 2.49. The van der Waals surface area contributed by atoms with E-state index < -0.39 is 182 Å². The predicted octanol–water partition coefficient (Wildman–Crippen LogP) is -2.33. The lowest BCUT2D eigenvalue weighted by molar-refractivity contribution is -0.295. The summed E-state index contributed by atoms with van der Waals surface area (Å²) in [5.41, 5.74) is 0.281. The minimum absolute atomic E-state index is 0.119. The Kier molecular flexibility index (Phi) is 17.6. The fourth-order valence-corrected chi connectivity index (χ4v) is 8.46. The Labute approximate surface area is 444 Å². The van der Waals surface area contributed by atoms with Gasteiger partial charge in [-0.15, -0.1) is 0 Å². The van der Waals surface area contributed by atoms with Crippen molar-refractivity contribution in [1.29, 1.82) is 0 Å². The second kappa shape index (κ2) is 24.1. The predicted molar refractivity (Wildman–Crippen MR) is 259 cm³/mol. The largest absolute Gasteiger partial charge is 0.571 e. The van der Waals surface area contributed by atoms with Crippen molar-refractivity contribution in [1.82, 2.24) is 0 Å². The third kappa shape index (κ3) is 12.8. The van der Waals surface area contributed by atoms with E-state index in [0.29, 0.717) is 5.56 Å². The molecule has 8 unspecified atom stereocenters. The van der Waals surface area contributed by atoms with Crippen LogP contribution in [0.2, 0.25) is 0 Å². The number of hydrogen-bond acceptors (Lipinski definition) is 27. The second-order valence-corrected chi connectivity index (χ2v) is 18.3. The number of aliphatic hydroxyl groups excluding tert-OH is 10. The summed E-state index contributed by atoms with van der Waals surface area (Å²) >= 11 is 0. The average molecular weight is 1120 g/mol. The highest BCUT2D eigenvalue weighted by molar-refractivity contribution is 5.87. The third-order valence-electron chi connectivity index (χ3n) is 12.8. The molecule has 0 spiro atoms. The summed E-state index contributed by atoms with van der Waals surface area (Å²) in [5.74, 6) is -7.82. The summed E-state index contributed by atoms with van der Waals surface area (Å²) < 4.78 is 49.7. The van der Waals surface area contributed by atoms with Crippen LogP contribution in [0, 0.1) is 0 Å². The Hall–Kier alpha value is -7.68. The molecule has 4 aliphatic rings.